The number of ether oxygens (including phenoxy) is 1. The molecule has 126 valence electrons. The lowest BCUT2D eigenvalue weighted by Gasteiger charge is -2.30. The predicted molar refractivity (Wildman–Crippen MR) is 100 cm³/mol. The zero-order chi connectivity index (χ0) is 16.1. The molecule has 1 heterocycles. The van der Waals surface area contributed by atoms with E-state index in [1.807, 2.05) is 0 Å². The van der Waals surface area contributed by atoms with E-state index in [1.165, 1.54) is 31.4 Å². The van der Waals surface area contributed by atoms with Crippen molar-refractivity contribution in [3.8, 4) is 0 Å². The molecule has 2 fully saturated rings. The summed E-state index contributed by atoms with van der Waals surface area (Å²) in [5.41, 5.74) is 2.29. The summed E-state index contributed by atoms with van der Waals surface area (Å²) >= 11 is 5.48. The Morgan fingerprint density at radius 3 is 2.52 bits per heavy atom. The van der Waals surface area contributed by atoms with Gasteiger partial charge in [0.05, 0.1) is 13.2 Å². The molecule has 0 radical (unpaired) electrons. The van der Waals surface area contributed by atoms with Gasteiger partial charge in [0.2, 0.25) is 0 Å². The van der Waals surface area contributed by atoms with Gasteiger partial charge in [0.25, 0.3) is 0 Å². The van der Waals surface area contributed by atoms with E-state index in [0.717, 1.165) is 37.1 Å². The molecule has 23 heavy (non-hydrogen) atoms. The Balaban J connectivity index is 1.52. The highest BCUT2D eigenvalue weighted by atomic mass is 32.1. The van der Waals surface area contributed by atoms with Crippen molar-refractivity contribution in [2.75, 3.05) is 36.5 Å². The Morgan fingerprint density at radius 1 is 1.13 bits per heavy atom. The highest BCUT2D eigenvalue weighted by molar-refractivity contribution is 7.80. The lowest BCUT2D eigenvalue weighted by Crippen LogP contribution is -2.43. The van der Waals surface area contributed by atoms with Crippen LogP contribution in [-0.4, -0.2) is 37.5 Å². The quantitative estimate of drug-likeness (QED) is 0.829. The average molecular weight is 334 g/mol. The van der Waals surface area contributed by atoms with Crippen molar-refractivity contribution in [1.29, 1.82) is 0 Å². The maximum Gasteiger partial charge on any atom is 0.171 e. The molecule has 4 nitrogen and oxygen atoms in total. The first-order valence-corrected chi connectivity index (χ1v) is 9.13. The van der Waals surface area contributed by atoms with Crippen LogP contribution in [0.3, 0.4) is 0 Å². The van der Waals surface area contributed by atoms with Gasteiger partial charge in [-0.3, -0.25) is 0 Å². The lowest BCUT2D eigenvalue weighted by molar-refractivity contribution is 0.122. The Bertz CT molecular complexity index is 514. The molecule has 1 saturated carbocycles. The van der Waals surface area contributed by atoms with Gasteiger partial charge >= 0.3 is 0 Å². The number of morpholine rings is 1. The van der Waals surface area contributed by atoms with E-state index >= 15 is 0 Å². The fourth-order valence-electron chi connectivity index (χ4n) is 3.44. The number of rotatable bonds is 3. The van der Waals surface area contributed by atoms with Crippen molar-refractivity contribution in [3.05, 3.63) is 24.3 Å². The van der Waals surface area contributed by atoms with Crippen LogP contribution in [0.2, 0.25) is 0 Å². The van der Waals surface area contributed by atoms with Gasteiger partial charge in [-0.1, -0.05) is 19.8 Å². The second-order valence-electron chi connectivity index (χ2n) is 6.61. The second kappa shape index (κ2) is 7.97. The smallest absolute Gasteiger partial charge is 0.171 e. The summed E-state index contributed by atoms with van der Waals surface area (Å²) in [4.78, 5) is 2.35. The third-order valence-electron chi connectivity index (χ3n) is 4.93. The summed E-state index contributed by atoms with van der Waals surface area (Å²) in [5.74, 6) is 0.701. The first-order chi connectivity index (χ1) is 11.2. The van der Waals surface area contributed by atoms with E-state index in [2.05, 4.69) is 46.7 Å². The summed E-state index contributed by atoms with van der Waals surface area (Å²) in [6.45, 7) is 5.87. The molecule has 0 amide bonds. The van der Waals surface area contributed by atoms with Gasteiger partial charge in [-0.05, 0) is 55.2 Å². The van der Waals surface area contributed by atoms with Crippen LogP contribution < -0.4 is 15.5 Å². The van der Waals surface area contributed by atoms with E-state index < -0.39 is 0 Å². The maximum atomic E-state index is 5.48. The van der Waals surface area contributed by atoms with Crippen molar-refractivity contribution in [1.82, 2.24) is 5.32 Å². The Morgan fingerprint density at radius 2 is 1.83 bits per heavy atom. The molecule has 0 aromatic heterocycles. The SMILES string of the molecule is C[C@@H]1CCCC[C@@H]1NC(=S)Nc1ccc(N2CCOCC2)cc1. The number of anilines is 2. The minimum absolute atomic E-state index is 0.511. The summed E-state index contributed by atoms with van der Waals surface area (Å²) in [6, 6.07) is 9.02. The molecule has 5 heteroatoms. The highest BCUT2D eigenvalue weighted by Crippen LogP contribution is 2.24. The zero-order valence-electron chi connectivity index (χ0n) is 13.9. The molecule has 2 atom stereocenters. The van der Waals surface area contributed by atoms with Crippen LogP contribution in [0.4, 0.5) is 11.4 Å². The molecular formula is C18H27N3OS. The maximum absolute atomic E-state index is 5.48. The van der Waals surface area contributed by atoms with Gasteiger partial charge in [0.15, 0.2) is 5.11 Å². The Labute approximate surface area is 144 Å². The largest absolute Gasteiger partial charge is 0.378 e. The van der Waals surface area contributed by atoms with Crippen molar-refractivity contribution < 1.29 is 4.74 Å². The Kier molecular flexibility index (Phi) is 5.73. The van der Waals surface area contributed by atoms with E-state index in [-0.39, 0.29) is 0 Å². The van der Waals surface area contributed by atoms with Gasteiger partial charge in [0.1, 0.15) is 0 Å². The van der Waals surface area contributed by atoms with E-state index in [0.29, 0.717) is 12.0 Å². The second-order valence-corrected chi connectivity index (χ2v) is 7.02. The van der Waals surface area contributed by atoms with Crippen LogP contribution in [0.15, 0.2) is 24.3 Å². The third kappa shape index (κ3) is 4.58. The van der Waals surface area contributed by atoms with Crippen LogP contribution in [-0.2, 0) is 4.74 Å². The van der Waals surface area contributed by atoms with E-state index in [1.54, 1.807) is 0 Å². The van der Waals surface area contributed by atoms with Crippen molar-refractivity contribution >= 4 is 28.7 Å². The number of nitrogens with one attached hydrogen (secondary N) is 2. The molecule has 1 aromatic rings. The van der Waals surface area contributed by atoms with Gasteiger partial charge in [-0.2, -0.15) is 0 Å². The molecule has 2 aliphatic rings. The molecular weight excluding hydrogens is 306 g/mol. The van der Waals surface area contributed by atoms with Crippen molar-refractivity contribution in [2.24, 2.45) is 5.92 Å². The minimum atomic E-state index is 0.511. The molecule has 0 bridgehead atoms. The first kappa shape index (κ1) is 16.5. The summed E-state index contributed by atoms with van der Waals surface area (Å²) in [5, 5.41) is 7.54. The zero-order valence-corrected chi connectivity index (χ0v) is 14.7. The molecule has 1 aliphatic heterocycles. The van der Waals surface area contributed by atoms with Crippen LogP contribution in [0.25, 0.3) is 0 Å². The number of nitrogens with zero attached hydrogens (tertiary/aromatic N) is 1. The van der Waals surface area contributed by atoms with Crippen LogP contribution in [0.1, 0.15) is 32.6 Å². The van der Waals surface area contributed by atoms with Gasteiger partial charge in [-0.25, -0.2) is 0 Å². The third-order valence-corrected chi connectivity index (χ3v) is 5.15. The highest BCUT2D eigenvalue weighted by Gasteiger charge is 2.21. The number of hydrogen-bond donors (Lipinski definition) is 2. The molecule has 1 aromatic carbocycles. The van der Waals surface area contributed by atoms with Gasteiger partial charge in [0, 0.05) is 30.5 Å². The number of benzene rings is 1. The van der Waals surface area contributed by atoms with Crippen molar-refractivity contribution in [2.45, 2.75) is 38.6 Å². The van der Waals surface area contributed by atoms with E-state index in [9.17, 15) is 0 Å². The molecule has 2 N–H and O–H groups in total. The average Bonchev–Trinajstić information content (AvgIpc) is 2.58. The minimum Gasteiger partial charge on any atom is -0.378 e. The monoisotopic (exact) mass is 333 g/mol. The standard InChI is InChI=1S/C18H27N3OS/c1-14-4-2-3-5-17(14)20-18(23)19-15-6-8-16(9-7-15)21-10-12-22-13-11-21/h6-9,14,17H,2-5,10-13H2,1H3,(H2,19,20,23)/t14-,17+/m1/s1. The molecule has 1 saturated heterocycles. The van der Waals surface area contributed by atoms with Crippen LogP contribution in [0, 0.1) is 5.92 Å². The van der Waals surface area contributed by atoms with Crippen molar-refractivity contribution in [3.63, 3.8) is 0 Å². The lowest BCUT2D eigenvalue weighted by atomic mass is 9.86. The summed E-state index contributed by atoms with van der Waals surface area (Å²) < 4.78 is 5.40. The Hall–Kier alpha value is -1.33. The number of hydrogen-bond acceptors (Lipinski definition) is 3. The molecule has 0 unspecified atom stereocenters. The fraction of sp³-hybridized carbons (Fsp3) is 0.611. The topological polar surface area (TPSA) is 36.5 Å². The molecule has 0 spiro atoms. The fourth-order valence-corrected chi connectivity index (χ4v) is 3.71. The predicted octanol–water partition coefficient (Wildman–Crippen LogP) is 3.39. The first-order valence-electron chi connectivity index (χ1n) is 8.72. The molecule has 1 aliphatic carbocycles. The van der Waals surface area contributed by atoms with Crippen LogP contribution >= 0.6 is 12.2 Å². The summed E-state index contributed by atoms with van der Waals surface area (Å²) in [6.07, 6.45) is 5.18. The van der Waals surface area contributed by atoms with E-state index in [4.69, 9.17) is 17.0 Å². The van der Waals surface area contributed by atoms with Gasteiger partial charge in [-0.15, -0.1) is 0 Å². The van der Waals surface area contributed by atoms with Crippen LogP contribution in [0.5, 0.6) is 0 Å². The number of thiocarbonyl (C=S) groups is 1. The summed E-state index contributed by atoms with van der Waals surface area (Å²) in [7, 11) is 0. The molecule has 3 rings (SSSR count). The van der Waals surface area contributed by atoms with Gasteiger partial charge < -0.3 is 20.3 Å². The normalized spacial score (nSPS) is 25.0.